The fourth-order valence-electron chi connectivity index (χ4n) is 17.4. The number of para-hydroxylation sites is 9. The molecule has 128 heavy (non-hydrogen) atoms. The molecule has 0 heterocycles. The quantitative estimate of drug-likeness (QED) is 0.0591. The first-order chi connectivity index (χ1) is 63.5. The smallest absolute Gasteiger partial charge is 0.0540 e. The van der Waals surface area contributed by atoms with Crippen molar-refractivity contribution in [1.82, 2.24) is 0 Å². The van der Waals surface area contributed by atoms with Gasteiger partial charge in [0.1, 0.15) is 0 Å². The van der Waals surface area contributed by atoms with E-state index in [2.05, 4.69) is 585 Å². The molecule has 0 spiro atoms. The maximum atomic E-state index is 2.36. The Morgan fingerprint density at radius 1 is 0.0781 bits per heavy atom. The summed E-state index contributed by atoms with van der Waals surface area (Å²) in [7, 11) is 0. The van der Waals surface area contributed by atoms with Crippen molar-refractivity contribution in [1.29, 1.82) is 0 Å². The third kappa shape index (κ3) is 16.9. The van der Waals surface area contributed by atoms with E-state index in [0.717, 1.165) is 136 Å². The van der Waals surface area contributed by atoms with E-state index < -0.39 is 0 Å². The van der Waals surface area contributed by atoms with Gasteiger partial charge in [-0.2, -0.15) is 0 Å². The topological polar surface area (TPSA) is 25.9 Å². The van der Waals surface area contributed by atoms with Gasteiger partial charge in [-0.3, -0.25) is 0 Å². The monoisotopic (exact) mass is 1640 g/mol. The molecule has 0 unspecified atom stereocenters. The average molecular weight is 1640 g/mol. The lowest BCUT2D eigenvalue weighted by molar-refractivity contribution is 1.24. The Balaban J connectivity index is 0.000000164. The zero-order valence-electron chi connectivity index (χ0n) is 70.5. The van der Waals surface area contributed by atoms with Crippen LogP contribution in [0, 0.1) is 0 Å². The van der Waals surface area contributed by atoms with E-state index in [-0.39, 0.29) is 0 Å². The maximum Gasteiger partial charge on any atom is 0.0540 e. The lowest BCUT2D eigenvalue weighted by atomic mass is 10.1. The Morgan fingerprint density at radius 2 is 0.188 bits per heavy atom. The molecule has 0 aliphatic rings. The second-order valence-electron chi connectivity index (χ2n) is 31.3. The molecule has 0 aliphatic heterocycles. The minimum atomic E-state index is 1.04. The molecule has 21 rings (SSSR count). The van der Waals surface area contributed by atoms with Gasteiger partial charge in [-0.05, 0) is 289 Å². The van der Waals surface area contributed by atoms with Gasteiger partial charge in [-0.25, -0.2) is 0 Å². The van der Waals surface area contributed by atoms with E-state index in [9.17, 15) is 0 Å². The third-order valence-corrected chi connectivity index (χ3v) is 23.3. The molecule has 0 saturated carbocycles. The van der Waals surface area contributed by atoms with Crippen molar-refractivity contribution in [3.05, 3.63) is 546 Å². The van der Waals surface area contributed by atoms with Crippen molar-refractivity contribution in [2.45, 2.75) is 0 Å². The average Bonchev–Trinajstić information content (AvgIpc) is 0.772. The standard InChI is InChI=1S/C66H48N4.C54H42N4/c1-4-25-52(26-5-1)68(64-34-16-22-49-19-10-13-31-61(49)64)58-43-37-55(38-44-58)67(56-39-45-59(46-40-56)69(53-27-6-2-7-28-53)65-35-17-23-50-20-11-14-32-62(50)65)57-41-47-60(48-42-57)70(54-29-8-3-9-30-54)66-36-18-24-51-21-12-15-33-63(51)66;1-7-19-43(20-8-1)55(44-21-9-2-10-22-44)49-31-37-52(38-32-49)58(53-39-33-50(34-40-53)56(45-23-11-3-12-24-45)46-25-13-4-14-26-46)54-41-35-51(36-42-54)57(47-27-15-5-16-28-47)48-29-17-6-18-30-48/h1-48H;1-42H. The predicted molar refractivity (Wildman–Crippen MR) is 543 cm³/mol. The van der Waals surface area contributed by atoms with Crippen molar-refractivity contribution in [3.63, 3.8) is 0 Å². The van der Waals surface area contributed by atoms with Crippen LogP contribution >= 0.6 is 0 Å². The molecule has 21 aromatic carbocycles. The Bertz CT molecular complexity index is 6370. The van der Waals surface area contributed by atoms with Gasteiger partial charge in [0.15, 0.2) is 0 Å². The second kappa shape index (κ2) is 37.2. The largest absolute Gasteiger partial charge is 0.311 e. The molecule has 0 atom stereocenters. The number of anilines is 24. The van der Waals surface area contributed by atoms with Gasteiger partial charge < -0.3 is 39.2 Å². The molecule has 0 N–H and O–H groups in total. The van der Waals surface area contributed by atoms with Crippen LogP contribution in [0.3, 0.4) is 0 Å². The Kier molecular flexibility index (Phi) is 23.1. The number of hydrogen-bond acceptors (Lipinski definition) is 8. The van der Waals surface area contributed by atoms with Gasteiger partial charge in [-0.15, -0.1) is 0 Å². The minimum Gasteiger partial charge on any atom is -0.311 e. The molecule has 0 amide bonds. The number of rotatable bonds is 24. The van der Waals surface area contributed by atoms with Crippen molar-refractivity contribution >= 4 is 169 Å². The zero-order chi connectivity index (χ0) is 85.6. The predicted octanol–water partition coefficient (Wildman–Crippen LogP) is 34.6. The van der Waals surface area contributed by atoms with E-state index in [1.54, 1.807) is 0 Å². The summed E-state index contributed by atoms with van der Waals surface area (Å²) < 4.78 is 0. The van der Waals surface area contributed by atoms with Crippen LogP contribution in [-0.4, -0.2) is 0 Å². The molecule has 0 aromatic heterocycles. The van der Waals surface area contributed by atoms with Crippen LogP contribution in [-0.2, 0) is 0 Å². The highest BCUT2D eigenvalue weighted by Crippen LogP contribution is 2.49. The Morgan fingerprint density at radius 3 is 0.344 bits per heavy atom. The van der Waals surface area contributed by atoms with Gasteiger partial charge >= 0.3 is 0 Å². The molecule has 8 nitrogen and oxygen atoms in total. The zero-order valence-corrected chi connectivity index (χ0v) is 70.5. The highest BCUT2D eigenvalue weighted by molar-refractivity contribution is 6.03. The Hall–Kier alpha value is -17.2. The van der Waals surface area contributed by atoms with Crippen LogP contribution in [0.2, 0.25) is 0 Å². The van der Waals surface area contributed by atoms with Crippen molar-refractivity contribution < 1.29 is 0 Å². The summed E-state index contributed by atoms with van der Waals surface area (Å²) in [5, 5.41) is 7.19. The molecule has 0 saturated heterocycles. The molecule has 610 valence electrons. The van der Waals surface area contributed by atoms with E-state index in [4.69, 9.17) is 0 Å². The molecule has 0 bridgehead atoms. The third-order valence-electron chi connectivity index (χ3n) is 23.3. The van der Waals surface area contributed by atoms with Crippen LogP contribution in [0.15, 0.2) is 546 Å². The first-order valence-corrected chi connectivity index (χ1v) is 43.5. The number of fused-ring (bicyclic) bond motifs is 3. The van der Waals surface area contributed by atoms with Gasteiger partial charge in [0.2, 0.25) is 0 Å². The second-order valence-corrected chi connectivity index (χ2v) is 31.3. The van der Waals surface area contributed by atoms with E-state index >= 15 is 0 Å². The summed E-state index contributed by atoms with van der Waals surface area (Å²) >= 11 is 0. The maximum absolute atomic E-state index is 2.36. The summed E-state index contributed by atoms with van der Waals surface area (Å²) in [5.41, 5.74) is 26.0. The van der Waals surface area contributed by atoms with Crippen molar-refractivity contribution in [3.8, 4) is 0 Å². The van der Waals surface area contributed by atoms with Crippen LogP contribution < -0.4 is 39.2 Å². The number of nitrogens with zero attached hydrogens (tertiary/aromatic N) is 8. The highest BCUT2D eigenvalue weighted by atomic mass is 15.2. The van der Waals surface area contributed by atoms with E-state index in [1.165, 1.54) is 32.3 Å². The normalized spacial score (nSPS) is 11.0. The molecule has 0 fully saturated rings. The van der Waals surface area contributed by atoms with Crippen molar-refractivity contribution in [2.24, 2.45) is 0 Å². The minimum absolute atomic E-state index is 1.04. The van der Waals surface area contributed by atoms with Crippen LogP contribution in [0.4, 0.5) is 136 Å². The molecular formula is C120H90N8. The first-order valence-electron chi connectivity index (χ1n) is 43.5. The highest BCUT2D eigenvalue weighted by Gasteiger charge is 2.25. The van der Waals surface area contributed by atoms with Crippen LogP contribution in [0.25, 0.3) is 32.3 Å². The lowest BCUT2D eigenvalue weighted by Crippen LogP contribution is -2.14. The molecule has 0 aliphatic carbocycles. The molecule has 21 aromatic rings. The van der Waals surface area contributed by atoms with Gasteiger partial charge in [0.25, 0.3) is 0 Å². The molecule has 0 radical (unpaired) electrons. The summed E-state index contributed by atoms with van der Waals surface area (Å²) in [6, 6.07) is 194. The number of benzene rings is 21. The van der Waals surface area contributed by atoms with Crippen molar-refractivity contribution in [2.75, 3.05) is 39.2 Å². The molecule has 8 heteroatoms. The van der Waals surface area contributed by atoms with Crippen LogP contribution in [0.1, 0.15) is 0 Å². The van der Waals surface area contributed by atoms with Crippen LogP contribution in [0.5, 0.6) is 0 Å². The van der Waals surface area contributed by atoms with Gasteiger partial charge in [-0.1, -0.05) is 273 Å². The molecular weight excluding hydrogens is 1550 g/mol. The fourth-order valence-corrected chi connectivity index (χ4v) is 17.4. The number of hydrogen-bond donors (Lipinski definition) is 0. The summed E-state index contributed by atoms with van der Waals surface area (Å²) in [6.07, 6.45) is 0. The Labute approximate surface area is 749 Å². The first kappa shape index (κ1) is 79.3. The SMILES string of the molecule is c1ccc(N(c2ccc(N(c3ccc(N(c4ccccc4)c4cccc5ccccc45)cc3)c3ccc(N(c4ccccc4)c4cccc5ccccc45)cc3)cc2)c2cccc3ccccc23)cc1.c1ccc(N(c2ccccc2)c2ccc(N(c3ccc(N(c4ccccc4)c4ccccc4)cc3)c3ccc(N(c4ccccc4)c4ccccc4)cc3)cc2)cc1. The summed E-state index contributed by atoms with van der Waals surface area (Å²) in [5.74, 6) is 0. The van der Waals surface area contributed by atoms with Gasteiger partial charge in [0, 0.05) is 136 Å². The summed E-state index contributed by atoms with van der Waals surface area (Å²) in [6.45, 7) is 0. The van der Waals surface area contributed by atoms with E-state index in [1.807, 2.05) is 0 Å². The fraction of sp³-hybridized carbons (Fsp3) is 0. The van der Waals surface area contributed by atoms with E-state index in [0.29, 0.717) is 0 Å². The summed E-state index contributed by atoms with van der Waals surface area (Å²) in [4.78, 5) is 18.6. The lowest BCUT2D eigenvalue weighted by Gasteiger charge is -2.31. The van der Waals surface area contributed by atoms with Gasteiger partial charge in [0.05, 0.1) is 17.1 Å².